The Hall–Kier alpha value is -0.570. The van der Waals surface area contributed by atoms with Crippen molar-refractivity contribution in [2.75, 3.05) is 13.1 Å². The van der Waals surface area contributed by atoms with Crippen LogP contribution in [0.25, 0.3) is 0 Å². The van der Waals surface area contributed by atoms with Crippen LogP contribution in [0.15, 0.2) is 0 Å². The molecule has 76 valence electrons. The molecule has 1 fully saturated rings. The fourth-order valence-electron chi connectivity index (χ4n) is 1.71. The van der Waals surface area contributed by atoms with Crippen LogP contribution in [0.3, 0.4) is 0 Å². The molecular weight excluding hydrogens is 164 g/mol. The molecule has 0 aromatic heterocycles. The van der Waals surface area contributed by atoms with E-state index in [1.54, 1.807) is 0 Å². The number of hydrogen-bond donors (Lipinski definition) is 1. The highest BCUT2D eigenvalue weighted by Crippen LogP contribution is 2.38. The number of rotatable bonds is 4. The Bertz CT molecular complexity index is 193. The topological polar surface area (TPSA) is 46.3 Å². The van der Waals surface area contributed by atoms with Crippen molar-refractivity contribution >= 4 is 5.91 Å². The van der Waals surface area contributed by atoms with E-state index in [-0.39, 0.29) is 5.91 Å². The van der Waals surface area contributed by atoms with E-state index < -0.39 is 5.54 Å². The van der Waals surface area contributed by atoms with Crippen molar-refractivity contribution in [3.63, 3.8) is 0 Å². The third-order valence-electron chi connectivity index (χ3n) is 2.94. The molecular formula is C10H20N2O. The van der Waals surface area contributed by atoms with Crippen LogP contribution in [0.5, 0.6) is 0 Å². The van der Waals surface area contributed by atoms with Gasteiger partial charge in [-0.15, -0.1) is 0 Å². The maximum atomic E-state index is 11.9. The van der Waals surface area contributed by atoms with Gasteiger partial charge in [0.05, 0.1) is 5.54 Å². The molecule has 0 aromatic carbocycles. The van der Waals surface area contributed by atoms with E-state index in [1.807, 2.05) is 25.7 Å². The Kier molecular flexibility index (Phi) is 2.96. The number of amides is 1. The summed E-state index contributed by atoms with van der Waals surface area (Å²) in [4.78, 5) is 13.7. The summed E-state index contributed by atoms with van der Waals surface area (Å²) in [5.41, 5.74) is 5.41. The van der Waals surface area contributed by atoms with Crippen molar-refractivity contribution in [2.45, 2.75) is 39.2 Å². The smallest absolute Gasteiger partial charge is 0.242 e. The minimum atomic E-state index is -0.619. The van der Waals surface area contributed by atoms with Gasteiger partial charge in [0.15, 0.2) is 0 Å². The SMILES string of the molecule is CCN(CC)C(=O)C(C)(N)C1CC1. The highest BCUT2D eigenvalue weighted by Gasteiger charge is 2.45. The van der Waals surface area contributed by atoms with E-state index in [1.165, 1.54) is 0 Å². The van der Waals surface area contributed by atoms with Crippen LogP contribution in [0.2, 0.25) is 0 Å². The molecule has 0 bridgehead atoms. The first-order chi connectivity index (χ1) is 6.04. The molecule has 0 radical (unpaired) electrons. The molecule has 0 saturated heterocycles. The monoisotopic (exact) mass is 184 g/mol. The quantitative estimate of drug-likeness (QED) is 0.708. The van der Waals surface area contributed by atoms with Crippen LogP contribution >= 0.6 is 0 Å². The molecule has 3 heteroatoms. The molecule has 0 aromatic rings. The second kappa shape index (κ2) is 3.66. The van der Waals surface area contributed by atoms with Gasteiger partial charge in [-0.25, -0.2) is 0 Å². The van der Waals surface area contributed by atoms with Crippen LogP contribution in [0.1, 0.15) is 33.6 Å². The molecule has 0 heterocycles. The third-order valence-corrected chi connectivity index (χ3v) is 2.94. The molecule has 2 N–H and O–H groups in total. The zero-order valence-corrected chi connectivity index (χ0v) is 8.84. The first-order valence-electron chi connectivity index (χ1n) is 5.12. The van der Waals surface area contributed by atoms with Crippen LogP contribution in [-0.4, -0.2) is 29.4 Å². The standard InChI is InChI=1S/C10H20N2O/c1-4-12(5-2)9(13)10(3,11)8-6-7-8/h8H,4-7,11H2,1-3H3. The minimum absolute atomic E-state index is 0.111. The highest BCUT2D eigenvalue weighted by atomic mass is 16.2. The molecule has 13 heavy (non-hydrogen) atoms. The van der Waals surface area contributed by atoms with Gasteiger partial charge in [-0.2, -0.15) is 0 Å². The lowest BCUT2D eigenvalue weighted by Crippen LogP contribution is -2.54. The van der Waals surface area contributed by atoms with Crippen molar-refractivity contribution in [2.24, 2.45) is 11.7 Å². The second-order valence-corrected chi connectivity index (χ2v) is 4.03. The van der Waals surface area contributed by atoms with Gasteiger partial charge >= 0.3 is 0 Å². The summed E-state index contributed by atoms with van der Waals surface area (Å²) in [5.74, 6) is 0.528. The van der Waals surface area contributed by atoms with Crippen molar-refractivity contribution < 1.29 is 4.79 Å². The number of nitrogens with two attached hydrogens (primary N) is 1. The molecule has 1 aliphatic carbocycles. The summed E-state index contributed by atoms with van der Waals surface area (Å²) in [6.07, 6.45) is 2.22. The third kappa shape index (κ3) is 2.02. The molecule has 0 spiro atoms. The Morgan fingerprint density at radius 1 is 1.46 bits per heavy atom. The van der Waals surface area contributed by atoms with Crippen molar-refractivity contribution in [3.8, 4) is 0 Å². The lowest BCUT2D eigenvalue weighted by atomic mass is 9.95. The van der Waals surface area contributed by atoms with Gasteiger partial charge in [-0.05, 0) is 39.5 Å². The minimum Gasteiger partial charge on any atom is -0.342 e. The van der Waals surface area contributed by atoms with Gasteiger partial charge in [0.1, 0.15) is 0 Å². The molecule has 1 rings (SSSR count). The van der Waals surface area contributed by atoms with E-state index in [2.05, 4.69) is 0 Å². The van der Waals surface area contributed by atoms with Gasteiger partial charge in [0, 0.05) is 13.1 Å². The fourth-order valence-corrected chi connectivity index (χ4v) is 1.71. The Labute approximate surface area is 80.3 Å². The Morgan fingerprint density at radius 3 is 2.23 bits per heavy atom. The van der Waals surface area contributed by atoms with E-state index in [0.717, 1.165) is 25.9 Å². The normalized spacial score (nSPS) is 20.9. The average Bonchev–Trinajstić information content (AvgIpc) is 2.88. The van der Waals surface area contributed by atoms with Crippen LogP contribution < -0.4 is 5.73 Å². The van der Waals surface area contributed by atoms with E-state index in [4.69, 9.17) is 5.73 Å². The summed E-state index contributed by atoms with van der Waals surface area (Å²) >= 11 is 0. The summed E-state index contributed by atoms with van der Waals surface area (Å²) in [7, 11) is 0. The van der Waals surface area contributed by atoms with E-state index in [9.17, 15) is 4.79 Å². The fraction of sp³-hybridized carbons (Fsp3) is 0.900. The number of carbonyl (C=O) groups is 1. The number of carbonyl (C=O) groups excluding carboxylic acids is 1. The lowest BCUT2D eigenvalue weighted by molar-refractivity contribution is -0.136. The number of hydrogen-bond acceptors (Lipinski definition) is 2. The number of nitrogens with zero attached hydrogens (tertiary/aromatic N) is 1. The molecule has 0 aliphatic heterocycles. The Balaban J connectivity index is 2.63. The van der Waals surface area contributed by atoms with Crippen LogP contribution in [0, 0.1) is 5.92 Å². The van der Waals surface area contributed by atoms with Gasteiger partial charge in [0.2, 0.25) is 5.91 Å². The number of likely N-dealkylation sites (N-methyl/N-ethyl adjacent to an activating group) is 1. The molecule has 1 aliphatic rings. The maximum absolute atomic E-state index is 11.9. The first kappa shape index (κ1) is 10.5. The van der Waals surface area contributed by atoms with Gasteiger partial charge < -0.3 is 10.6 Å². The average molecular weight is 184 g/mol. The molecule has 1 atom stereocenters. The van der Waals surface area contributed by atoms with Crippen LogP contribution in [-0.2, 0) is 4.79 Å². The molecule has 1 amide bonds. The largest absolute Gasteiger partial charge is 0.342 e. The zero-order chi connectivity index (χ0) is 10.1. The molecule has 1 saturated carbocycles. The zero-order valence-electron chi connectivity index (χ0n) is 8.84. The van der Waals surface area contributed by atoms with E-state index >= 15 is 0 Å². The Morgan fingerprint density at radius 2 is 1.92 bits per heavy atom. The highest BCUT2D eigenvalue weighted by molar-refractivity contribution is 5.86. The maximum Gasteiger partial charge on any atom is 0.242 e. The van der Waals surface area contributed by atoms with Crippen LogP contribution in [0.4, 0.5) is 0 Å². The van der Waals surface area contributed by atoms with Gasteiger partial charge in [0.25, 0.3) is 0 Å². The van der Waals surface area contributed by atoms with Crippen molar-refractivity contribution in [1.29, 1.82) is 0 Å². The van der Waals surface area contributed by atoms with E-state index in [0.29, 0.717) is 5.92 Å². The predicted molar refractivity (Wildman–Crippen MR) is 53.2 cm³/mol. The van der Waals surface area contributed by atoms with Gasteiger partial charge in [-0.3, -0.25) is 4.79 Å². The first-order valence-corrected chi connectivity index (χ1v) is 5.12. The lowest BCUT2D eigenvalue weighted by Gasteiger charge is -2.30. The van der Waals surface area contributed by atoms with Gasteiger partial charge in [-0.1, -0.05) is 0 Å². The molecule has 1 unspecified atom stereocenters. The van der Waals surface area contributed by atoms with Crippen molar-refractivity contribution in [1.82, 2.24) is 4.90 Å². The summed E-state index contributed by atoms with van der Waals surface area (Å²) in [6.45, 7) is 7.36. The van der Waals surface area contributed by atoms with Crippen molar-refractivity contribution in [3.05, 3.63) is 0 Å². The second-order valence-electron chi connectivity index (χ2n) is 4.03. The summed E-state index contributed by atoms with van der Waals surface area (Å²) in [5, 5.41) is 0. The molecule has 3 nitrogen and oxygen atoms in total. The summed E-state index contributed by atoms with van der Waals surface area (Å²) in [6, 6.07) is 0. The predicted octanol–water partition coefficient (Wildman–Crippen LogP) is 0.982. The summed E-state index contributed by atoms with van der Waals surface area (Å²) < 4.78 is 0.